The van der Waals surface area contributed by atoms with Gasteiger partial charge >= 0.3 is 0 Å². The number of morpholine rings is 1. The Balaban J connectivity index is 1.55. The monoisotopic (exact) mass is 252 g/mol. The highest BCUT2D eigenvalue weighted by Crippen LogP contribution is 2.10. The van der Waals surface area contributed by atoms with E-state index in [1.165, 1.54) is 18.5 Å². The number of ether oxygens (including phenoxy) is 1. The van der Waals surface area contributed by atoms with Crippen LogP contribution in [0.4, 0.5) is 0 Å². The van der Waals surface area contributed by atoms with Crippen LogP contribution in [0.2, 0.25) is 0 Å². The zero-order valence-corrected chi connectivity index (χ0v) is 11.3. The second-order valence-corrected chi connectivity index (χ2v) is 4.71. The first kappa shape index (κ1) is 13.6. The molecule has 2 heterocycles. The minimum atomic E-state index is 0.891. The van der Waals surface area contributed by atoms with Gasteiger partial charge in [0.25, 0.3) is 0 Å². The zero-order valence-electron chi connectivity index (χ0n) is 11.3. The van der Waals surface area contributed by atoms with Gasteiger partial charge in [0.2, 0.25) is 0 Å². The number of nitrogens with zero attached hydrogens (tertiary/aromatic N) is 1. The van der Waals surface area contributed by atoms with Crippen LogP contribution in [-0.2, 0) is 17.7 Å². The average molecular weight is 252 g/mol. The molecule has 1 saturated heterocycles. The third-order valence-corrected chi connectivity index (χ3v) is 3.41. The summed E-state index contributed by atoms with van der Waals surface area (Å²) in [5.74, 6) is 1.11. The van der Waals surface area contributed by atoms with Crippen LogP contribution in [0.3, 0.4) is 0 Å². The van der Waals surface area contributed by atoms with Gasteiger partial charge in [-0.2, -0.15) is 0 Å². The summed E-state index contributed by atoms with van der Waals surface area (Å²) < 4.78 is 10.7. The molecule has 1 fully saturated rings. The van der Waals surface area contributed by atoms with Crippen LogP contribution in [0, 0.1) is 0 Å². The van der Waals surface area contributed by atoms with Crippen molar-refractivity contribution < 1.29 is 9.15 Å². The second-order valence-electron chi connectivity index (χ2n) is 4.71. The molecule has 1 aromatic rings. The lowest BCUT2D eigenvalue weighted by Gasteiger charge is -2.26. The first-order valence-corrected chi connectivity index (χ1v) is 6.96. The predicted molar refractivity (Wildman–Crippen MR) is 71.7 cm³/mol. The molecule has 1 N–H and O–H groups in total. The normalized spacial score (nSPS) is 17.2. The van der Waals surface area contributed by atoms with E-state index >= 15 is 0 Å². The SMILES string of the molecule is CCc1occc1CNCCCN1CCOCC1. The summed E-state index contributed by atoms with van der Waals surface area (Å²) in [6.45, 7) is 9.23. The van der Waals surface area contributed by atoms with E-state index in [0.717, 1.165) is 51.6 Å². The minimum absolute atomic E-state index is 0.891. The van der Waals surface area contributed by atoms with Gasteiger partial charge in [0.1, 0.15) is 5.76 Å². The van der Waals surface area contributed by atoms with Gasteiger partial charge in [-0.05, 0) is 25.6 Å². The fourth-order valence-corrected chi connectivity index (χ4v) is 2.31. The molecule has 4 heteroatoms. The Morgan fingerprint density at radius 1 is 1.33 bits per heavy atom. The number of nitrogens with one attached hydrogen (secondary N) is 1. The Morgan fingerprint density at radius 2 is 2.17 bits per heavy atom. The lowest BCUT2D eigenvalue weighted by molar-refractivity contribution is 0.0374. The van der Waals surface area contributed by atoms with Crippen molar-refractivity contribution in [2.45, 2.75) is 26.3 Å². The summed E-state index contributed by atoms with van der Waals surface area (Å²) >= 11 is 0. The van der Waals surface area contributed by atoms with E-state index in [9.17, 15) is 0 Å². The molecule has 2 rings (SSSR count). The number of hydrogen-bond acceptors (Lipinski definition) is 4. The molecular formula is C14H24N2O2. The fraction of sp³-hybridized carbons (Fsp3) is 0.714. The largest absolute Gasteiger partial charge is 0.469 e. The maximum atomic E-state index is 5.40. The molecule has 0 saturated carbocycles. The van der Waals surface area contributed by atoms with Crippen LogP contribution in [0.25, 0.3) is 0 Å². The molecule has 102 valence electrons. The molecule has 0 bridgehead atoms. The Labute approximate surface area is 109 Å². The van der Waals surface area contributed by atoms with E-state index in [4.69, 9.17) is 9.15 Å². The van der Waals surface area contributed by atoms with E-state index in [0.29, 0.717) is 0 Å². The van der Waals surface area contributed by atoms with Gasteiger partial charge in [-0.15, -0.1) is 0 Å². The maximum absolute atomic E-state index is 5.40. The summed E-state index contributed by atoms with van der Waals surface area (Å²) in [6.07, 6.45) is 3.95. The fourth-order valence-electron chi connectivity index (χ4n) is 2.31. The van der Waals surface area contributed by atoms with E-state index in [-0.39, 0.29) is 0 Å². The Morgan fingerprint density at radius 3 is 2.94 bits per heavy atom. The first-order valence-electron chi connectivity index (χ1n) is 6.96. The quantitative estimate of drug-likeness (QED) is 0.749. The van der Waals surface area contributed by atoms with Crippen molar-refractivity contribution in [2.75, 3.05) is 39.4 Å². The van der Waals surface area contributed by atoms with Crippen molar-refractivity contribution in [1.82, 2.24) is 10.2 Å². The van der Waals surface area contributed by atoms with Crippen LogP contribution in [0.1, 0.15) is 24.7 Å². The Kier molecular flexibility index (Phi) is 5.71. The van der Waals surface area contributed by atoms with Crippen LogP contribution in [-0.4, -0.2) is 44.3 Å². The standard InChI is InChI=1S/C14H24N2O2/c1-2-14-13(4-9-18-14)12-15-5-3-6-16-7-10-17-11-8-16/h4,9,15H,2-3,5-8,10-12H2,1H3. The molecular weight excluding hydrogens is 228 g/mol. The predicted octanol–water partition coefficient (Wildman–Crippen LogP) is 1.65. The Bertz CT molecular complexity index is 332. The molecule has 18 heavy (non-hydrogen) atoms. The molecule has 1 aliphatic heterocycles. The number of furan rings is 1. The van der Waals surface area contributed by atoms with Crippen molar-refractivity contribution in [3.8, 4) is 0 Å². The first-order chi connectivity index (χ1) is 8.90. The summed E-state index contributed by atoms with van der Waals surface area (Å²) in [5, 5.41) is 3.48. The van der Waals surface area contributed by atoms with Crippen LogP contribution < -0.4 is 5.32 Å². The van der Waals surface area contributed by atoms with Crippen LogP contribution >= 0.6 is 0 Å². The van der Waals surface area contributed by atoms with Crippen molar-refractivity contribution in [3.05, 3.63) is 23.7 Å². The summed E-state index contributed by atoms with van der Waals surface area (Å²) in [6, 6.07) is 2.06. The van der Waals surface area contributed by atoms with Gasteiger partial charge in [0.15, 0.2) is 0 Å². The molecule has 1 aliphatic rings. The molecule has 4 nitrogen and oxygen atoms in total. The maximum Gasteiger partial charge on any atom is 0.107 e. The molecule has 0 amide bonds. The highest BCUT2D eigenvalue weighted by molar-refractivity contribution is 5.16. The molecule has 0 aromatic carbocycles. The summed E-state index contributed by atoms with van der Waals surface area (Å²) in [7, 11) is 0. The third-order valence-electron chi connectivity index (χ3n) is 3.41. The van der Waals surface area contributed by atoms with Crippen LogP contribution in [0.5, 0.6) is 0 Å². The van der Waals surface area contributed by atoms with Gasteiger partial charge < -0.3 is 14.5 Å². The van der Waals surface area contributed by atoms with E-state index in [1.807, 2.05) is 0 Å². The van der Waals surface area contributed by atoms with E-state index in [1.54, 1.807) is 6.26 Å². The van der Waals surface area contributed by atoms with E-state index in [2.05, 4.69) is 23.2 Å². The number of rotatable bonds is 7. The highest BCUT2D eigenvalue weighted by Gasteiger charge is 2.09. The lowest BCUT2D eigenvalue weighted by atomic mass is 10.2. The van der Waals surface area contributed by atoms with Crippen molar-refractivity contribution in [1.29, 1.82) is 0 Å². The Hall–Kier alpha value is -0.840. The molecule has 0 unspecified atom stereocenters. The van der Waals surface area contributed by atoms with Gasteiger partial charge in [-0.25, -0.2) is 0 Å². The van der Waals surface area contributed by atoms with Gasteiger partial charge in [0, 0.05) is 31.6 Å². The molecule has 0 radical (unpaired) electrons. The van der Waals surface area contributed by atoms with Crippen LogP contribution in [0.15, 0.2) is 16.7 Å². The highest BCUT2D eigenvalue weighted by atomic mass is 16.5. The molecule has 0 spiro atoms. The summed E-state index contributed by atoms with van der Waals surface area (Å²) in [5.41, 5.74) is 1.30. The number of hydrogen-bond donors (Lipinski definition) is 1. The molecule has 0 atom stereocenters. The minimum Gasteiger partial charge on any atom is -0.469 e. The lowest BCUT2D eigenvalue weighted by Crippen LogP contribution is -2.37. The average Bonchev–Trinajstić information content (AvgIpc) is 2.87. The van der Waals surface area contributed by atoms with Gasteiger partial charge in [-0.3, -0.25) is 4.90 Å². The molecule has 1 aromatic heterocycles. The zero-order chi connectivity index (χ0) is 12.6. The van der Waals surface area contributed by atoms with Crippen molar-refractivity contribution in [2.24, 2.45) is 0 Å². The van der Waals surface area contributed by atoms with Gasteiger partial charge in [0.05, 0.1) is 19.5 Å². The van der Waals surface area contributed by atoms with Crippen molar-refractivity contribution >= 4 is 0 Å². The second kappa shape index (κ2) is 7.56. The summed E-state index contributed by atoms with van der Waals surface area (Å²) in [4.78, 5) is 2.47. The third kappa shape index (κ3) is 4.12. The topological polar surface area (TPSA) is 37.6 Å². The van der Waals surface area contributed by atoms with E-state index < -0.39 is 0 Å². The van der Waals surface area contributed by atoms with Crippen molar-refractivity contribution in [3.63, 3.8) is 0 Å². The number of aryl methyl sites for hydroxylation is 1. The van der Waals surface area contributed by atoms with Gasteiger partial charge in [-0.1, -0.05) is 6.92 Å². The smallest absolute Gasteiger partial charge is 0.107 e. The molecule has 0 aliphatic carbocycles.